The van der Waals surface area contributed by atoms with Crippen molar-refractivity contribution in [2.75, 3.05) is 11.9 Å². The fraction of sp³-hybridized carbons (Fsp3) is 0.171. The highest BCUT2D eigenvalue weighted by molar-refractivity contribution is 6.06. The molecular formula is C35H31N3O4. The smallest absolute Gasteiger partial charge is 0.339 e. The number of esters is 1. The number of rotatable bonds is 8. The monoisotopic (exact) mass is 557 g/mol. The maximum absolute atomic E-state index is 13.7. The van der Waals surface area contributed by atoms with E-state index in [0.717, 1.165) is 47.4 Å². The van der Waals surface area contributed by atoms with Gasteiger partial charge in [-0.2, -0.15) is 0 Å². The third-order valence-corrected chi connectivity index (χ3v) is 7.33. The normalized spacial score (nSPS) is 13.6. The Morgan fingerprint density at radius 1 is 0.857 bits per heavy atom. The third kappa shape index (κ3) is 6.16. The number of carbonyl (C=O) groups is 2. The fourth-order valence-electron chi connectivity index (χ4n) is 5.20. The van der Waals surface area contributed by atoms with Crippen LogP contribution in [0.25, 0.3) is 10.9 Å². The van der Waals surface area contributed by atoms with Gasteiger partial charge < -0.3 is 14.8 Å². The van der Waals surface area contributed by atoms with E-state index in [1.54, 1.807) is 31.2 Å². The summed E-state index contributed by atoms with van der Waals surface area (Å²) in [6.45, 7) is 3.77. The second-order valence-corrected chi connectivity index (χ2v) is 10.4. The number of hydrogen-bond donors (Lipinski definition) is 1. The number of anilines is 1. The first kappa shape index (κ1) is 27.2. The highest BCUT2D eigenvalue weighted by Crippen LogP contribution is 2.30. The van der Waals surface area contributed by atoms with Gasteiger partial charge in [-0.3, -0.25) is 14.7 Å². The minimum absolute atomic E-state index is 0.419. The Labute approximate surface area is 244 Å². The van der Waals surface area contributed by atoms with Crippen LogP contribution in [0.15, 0.2) is 109 Å². The molecule has 0 bridgehead atoms. The van der Waals surface area contributed by atoms with Crippen LogP contribution in [-0.4, -0.2) is 34.4 Å². The first-order chi connectivity index (χ1) is 20.5. The lowest BCUT2D eigenvalue weighted by Gasteiger charge is -2.30. The van der Waals surface area contributed by atoms with E-state index in [9.17, 15) is 9.59 Å². The predicted molar refractivity (Wildman–Crippen MR) is 162 cm³/mol. The van der Waals surface area contributed by atoms with Gasteiger partial charge in [0.05, 0.1) is 11.1 Å². The zero-order valence-corrected chi connectivity index (χ0v) is 23.3. The Morgan fingerprint density at radius 3 is 2.29 bits per heavy atom. The molecule has 1 amide bonds. The van der Waals surface area contributed by atoms with Crippen molar-refractivity contribution in [3.63, 3.8) is 0 Å². The molecule has 1 N–H and O–H groups in total. The van der Waals surface area contributed by atoms with Crippen LogP contribution in [0.2, 0.25) is 0 Å². The van der Waals surface area contributed by atoms with Crippen molar-refractivity contribution in [1.29, 1.82) is 0 Å². The number of fused-ring (bicyclic) bond motifs is 2. The molecule has 6 rings (SSSR count). The molecule has 0 fully saturated rings. The van der Waals surface area contributed by atoms with Gasteiger partial charge in [0.1, 0.15) is 11.5 Å². The second-order valence-electron chi connectivity index (χ2n) is 10.4. The second kappa shape index (κ2) is 12.2. The van der Waals surface area contributed by atoms with Gasteiger partial charge in [-0.05, 0) is 55.0 Å². The summed E-state index contributed by atoms with van der Waals surface area (Å²) in [4.78, 5) is 33.9. The van der Waals surface area contributed by atoms with Crippen molar-refractivity contribution >= 4 is 28.5 Å². The molecule has 1 aliphatic heterocycles. The van der Waals surface area contributed by atoms with Gasteiger partial charge in [0.15, 0.2) is 6.10 Å². The van der Waals surface area contributed by atoms with Crippen molar-refractivity contribution < 1.29 is 19.1 Å². The van der Waals surface area contributed by atoms with Crippen LogP contribution >= 0.6 is 0 Å². The predicted octanol–water partition coefficient (Wildman–Crippen LogP) is 6.77. The molecule has 4 aromatic carbocycles. The molecule has 7 heteroatoms. The number of amides is 1. The van der Waals surface area contributed by atoms with Gasteiger partial charge >= 0.3 is 5.97 Å². The van der Waals surface area contributed by atoms with Gasteiger partial charge in [0.2, 0.25) is 0 Å². The number of benzene rings is 4. The molecule has 0 radical (unpaired) electrons. The highest BCUT2D eigenvalue weighted by atomic mass is 16.5. The number of pyridine rings is 1. The first-order valence-electron chi connectivity index (χ1n) is 14.0. The molecule has 1 unspecified atom stereocenters. The summed E-state index contributed by atoms with van der Waals surface area (Å²) in [6.07, 6.45) is -0.280. The lowest BCUT2D eigenvalue weighted by Crippen LogP contribution is -2.34. The summed E-state index contributed by atoms with van der Waals surface area (Å²) in [6, 6.07) is 34.4. The SMILES string of the molecule is CC(OC(=O)c1c2c(nc3ccccc13)CCN(Cc1ccccc1)C2)C(=O)Nc1ccc(Oc2ccccc2)cc1. The number of nitrogens with zero attached hydrogens (tertiary/aromatic N) is 2. The molecular weight excluding hydrogens is 526 g/mol. The van der Waals surface area contributed by atoms with Gasteiger partial charge in [0, 0.05) is 48.4 Å². The molecule has 7 nitrogen and oxygen atoms in total. The van der Waals surface area contributed by atoms with Crippen molar-refractivity contribution in [3.05, 3.63) is 132 Å². The summed E-state index contributed by atoms with van der Waals surface area (Å²) >= 11 is 0. The van der Waals surface area contributed by atoms with E-state index >= 15 is 0 Å². The molecule has 0 spiro atoms. The minimum atomic E-state index is -1.01. The van der Waals surface area contributed by atoms with Gasteiger partial charge in [0.25, 0.3) is 5.91 Å². The molecule has 1 aromatic heterocycles. The van der Waals surface area contributed by atoms with Gasteiger partial charge in [-0.15, -0.1) is 0 Å². The van der Waals surface area contributed by atoms with E-state index in [0.29, 0.717) is 23.5 Å². The standard InChI is InChI=1S/C35H31N3O4/c1-24(34(39)36-26-16-18-28(19-17-26)42-27-12-6-3-7-13-27)41-35(40)33-29-14-8-9-15-31(29)37-32-20-21-38(23-30(32)33)22-25-10-4-2-5-11-25/h2-19,24H,20-23H2,1H3,(H,36,39). The van der Waals surface area contributed by atoms with Crippen LogP contribution in [-0.2, 0) is 29.0 Å². The Morgan fingerprint density at radius 2 is 1.52 bits per heavy atom. The Bertz CT molecular complexity index is 1710. The van der Waals surface area contributed by atoms with Crippen molar-refractivity contribution in [3.8, 4) is 11.5 Å². The summed E-state index contributed by atoms with van der Waals surface area (Å²) in [5, 5.41) is 3.56. The summed E-state index contributed by atoms with van der Waals surface area (Å²) < 4.78 is 11.6. The number of para-hydroxylation sites is 2. The molecule has 0 saturated carbocycles. The Balaban J connectivity index is 1.17. The number of hydrogen-bond acceptors (Lipinski definition) is 6. The summed E-state index contributed by atoms with van der Waals surface area (Å²) in [5.74, 6) is 0.428. The van der Waals surface area contributed by atoms with Crippen molar-refractivity contribution in [1.82, 2.24) is 9.88 Å². The average molecular weight is 558 g/mol. The molecule has 0 aliphatic carbocycles. The third-order valence-electron chi connectivity index (χ3n) is 7.33. The lowest BCUT2D eigenvalue weighted by atomic mass is 9.95. The highest BCUT2D eigenvalue weighted by Gasteiger charge is 2.28. The fourth-order valence-corrected chi connectivity index (χ4v) is 5.20. The zero-order valence-electron chi connectivity index (χ0n) is 23.3. The topological polar surface area (TPSA) is 80.8 Å². The van der Waals surface area contributed by atoms with E-state index in [1.807, 2.05) is 72.8 Å². The lowest BCUT2D eigenvalue weighted by molar-refractivity contribution is -0.123. The average Bonchev–Trinajstić information content (AvgIpc) is 3.01. The van der Waals surface area contributed by atoms with Crippen LogP contribution in [0.5, 0.6) is 11.5 Å². The molecule has 1 atom stereocenters. The molecule has 2 heterocycles. The molecule has 1 aliphatic rings. The summed E-state index contributed by atoms with van der Waals surface area (Å²) in [7, 11) is 0. The van der Waals surface area contributed by atoms with E-state index in [2.05, 4.69) is 22.3 Å². The van der Waals surface area contributed by atoms with E-state index in [-0.39, 0.29) is 0 Å². The Hall–Kier alpha value is -5.01. The van der Waals surface area contributed by atoms with Gasteiger partial charge in [-0.1, -0.05) is 66.7 Å². The maximum atomic E-state index is 13.7. The summed E-state index contributed by atoms with van der Waals surface area (Å²) in [5.41, 5.74) is 4.78. The van der Waals surface area contributed by atoms with Crippen LogP contribution in [0.3, 0.4) is 0 Å². The number of carbonyl (C=O) groups excluding carboxylic acids is 2. The minimum Gasteiger partial charge on any atom is -0.457 e. The first-order valence-corrected chi connectivity index (χ1v) is 14.0. The molecule has 0 saturated heterocycles. The van der Waals surface area contributed by atoms with E-state index < -0.39 is 18.0 Å². The van der Waals surface area contributed by atoms with E-state index in [1.165, 1.54) is 5.56 Å². The van der Waals surface area contributed by atoms with Crippen molar-refractivity contribution in [2.45, 2.75) is 32.5 Å². The van der Waals surface area contributed by atoms with Crippen LogP contribution in [0.1, 0.15) is 34.1 Å². The zero-order chi connectivity index (χ0) is 28.9. The molecule has 210 valence electrons. The van der Waals surface area contributed by atoms with Crippen LogP contribution in [0, 0.1) is 0 Å². The largest absolute Gasteiger partial charge is 0.457 e. The Kier molecular flexibility index (Phi) is 7.92. The van der Waals surface area contributed by atoms with Crippen LogP contribution < -0.4 is 10.1 Å². The van der Waals surface area contributed by atoms with Crippen LogP contribution in [0.4, 0.5) is 5.69 Å². The number of ether oxygens (including phenoxy) is 2. The van der Waals surface area contributed by atoms with E-state index in [4.69, 9.17) is 14.5 Å². The number of nitrogens with one attached hydrogen (secondary N) is 1. The quantitative estimate of drug-likeness (QED) is 0.212. The molecule has 5 aromatic rings. The van der Waals surface area contributed by atoms with Crippen molar-refractivity contribution in [2.24, 2.45) is 0 Å². The van der Waals surface area contributed by atoms with Gasteiger partial charge in [-0.25, -0.2) is 4.79 Å². The molecule has 42 heavy (non-hydrogen) atoms. The maximum Gasteiger partial charge on any atom is 0.339 e. The number of aromatic nitrogens is 1.